The molecule has 2 rings (SSSR count). The van der Waals surface area contributed by atoms with E-state index >= 15 is 0 Å². The van der Waals surface area contributed by atoms with E-state index in [1.807, 2.05) is 5.38 Å². The monoisotopic (exact) mass is 374 g/mol. The van der Waals surface area contributed by atoms with E-state index in [0.717, 1.165) is 6.42 Å². The number of ether oxygens (including phenoxy) is 1. The molecule has 2 aromatic rings. The second kappa shape index (κ2) is 9.72. The van der Waals surface area contributed by atoms with Crippen LogP contribution in [-0.2, 0) is 9.53 Å². The minimum Gasteiger partial charge on any atom is -0.452 e. The van der Waals surface area contributed by atoms with Gasteiger partial charge in [-0.2, -0.15) is 0 Å². The van der Waals surface area contributed by atoms with Gasteiger partial charge in [0, 0.05) is 12.2 Å². The lowest BCUT2D eigenvalue weighted by Crippen LogP contribution is -2.30. The first-order valence-corrected chi connectivity index (χ1v) is 9.22. The number of amides is 2. The van der Waals surface area contributed by atoms with Crippen LogP contribution < -0.4 is 10.6 Å². The highest BCUT2D eigenvalue weighted by Gasteiger charge is 2.11. The number of nitrogens with one attached hydrogen (secondary N) is 2. The van der Waals surface area contributed by atoms with Crippen LogP contribution in [0.15, 0.2) is 41.8 Å². The molecular formula is C19H22N2O4S. The van der Waals surface area contributed by atoms with Gasteiger partial charge in [0.15, 0.2) is 6.61 Å². The summed E-state index contributed by atoms with van der Waals surface area (Å²) >= 11 is 1.35. The van der Waals surface area contributed by atoms with Gasteiger partial charge in [0.25, 0.3) is 11.8 Å². The predicted octanol–water partition coefficient (Wildman–Crippen LogP) is 3.32. The van der Waals surface area contributed by atoms with Crippen molar-refractivity contribution in [3.05, 3.63) is 52.2 Å². The van der Waals surface area contributed by atoms with Crippen molar-refractivity contribution in [3.8, 4) is 0 Å². The summed E-state index contributed by atoms with van der Waals surface area (Å²) in [5.74, 6) is -0.607. The zero-order chi connectivity index (χ0) is 18.9. The Morgan fingerprint density at radius 1 is 1.12 bits per heavy atom. The van der Waals surface area contributed by atoms with Crippen LogP contribution in [0.1, 0.15) is 40.3 Å². The molecule has 0 saturated heterocycles. The lowest BCUT2D eigenvalue weighted by molar-refractivity contribution is -0.124. The number of benzene rings is 1. The summed E-state index contributed by atoms with van der Waals surface area (Å²) in [5.41, 5.74) is 0.889. The van der Waals surface area contributed by atoms with E-state index in [4.69, 9.17) is 4.74 Å². The summed E-state index contributed by atoms with van der Waals surface area (Å²) in [4.78, 5) is 36.1. The van der Waals surface area contributed by atoms with E-state index in [9.17, 15) is 14.4 Å². The molecule has 0 atom stereocenters. The largest absolute Gasteiger partial charge is 0.452 e. The second-order valence-electron chi connectivity index (χ2n) is 6.12. The summed E-state index contributed by atoms with van der Waals surface area (Å²) in [6.07, 6.45) is 0.873. The Kier molecular flexibility index (Phi) is 7.35. The van der Waals surface area contributed by atoms with Gasteiger partial charge in [-0.25, -0.2) is 4.79 Å². The van der Waals surface area contributed by atoms with E-state index in [0.29, 0.717) is 28.6 Å². The van der Waals surface area contributed by atoms with E-state index in [-0.39, 0.29) is 18.4 Å². The van der Waals surface area contributed by atoms with Crippen LogP contribution >= 0.6 is 11.3 Å². The summed E-state index contributed by atoms with van der Waals surface area (Å²) in [6, 6.07) is 9.86. The molecule has 1 aromatic carbocycles. The molecule has 0 saturated carbocycles. The third-order valence-corrected chi connectivity index (χ3v) is 4.37. The van der Waals surface area contributed by atoms with Crippen molar-refractivity contribution in [1.29, 1.82) is 0 Å². The first-order chi connectivity index (χ1) is 12.5. The molecule has 0 unspecified atom stereocenters. The molecule has 0 bridgehead atoms. The molecule has 26 heavy (non-hydrogen) atoms. The maximum atomic E-state index is 12.0. The van der Waals surface area contributed by atoms with E-state index in [1.165, 1.54) is 11.3 Å². The van der Waals surface area contributed by atoms with Crippen molar-refractivity contribution in [2.75, 3.05) is 18.5 Å². The Bertz CT molecular complexity index is 739. The third kappa shape index (κ3) is 6.33. The second-order valence-corrected chi connectivity index (χ2v) is 7.07. The van der Waals surface area contributed by atoms with Gasteiger partial charge >= 0.3 is 5.97 Å². The average molecular weight is 374 g/mol. The number of carbonyl (C=O) groups is 3. The van der Waals surface area contributed by atoms with Gasteiger partial charge in [-0.3, -0.25) is 9.59 Å². The highest BCUT2D eigenvalue weighted by molar-refractivity contribution is 7.12. The first-order valence-electron chi connectivity index (χ1n) is 8.34. The van der Waals surface area contributed by atoms with Gasteiger partial charge in [-0.1, -0.05) is 19.9 Å². The van der Waals surface area contributed by atoms with E-state index < -0.39 is 5.97 Å². The van der Waals surface area contributed by atoms with Crippen molar-refractivity contribution in [2.24, 2.45) is 5.92 Å². The molecule has 0 fully saturated rings. The number of hydrogen-bond donors (Lipinski definition) is 2. The smallest absolute Gasteiger partial charge is 0.338 e. The van der Waals surface area contributed by atoms with Crippen molar-refractivity contribution in [2.45, 2.75) is 20.3 Å². The predicted molar refractivity (Wildman–Crippen MR) is 101 cm³/mol. The van der Waals surface area contributed by atoms with Crippen molar-refractivity contribution in [1.82, 2.24) is 5.32 Å². The molecular weight excluding hydrogens is 352 g/mol. The van der Waals surface area contributed by atoms with Gasteiger partial charge in [0.05, 0.1) is 10.4 Å². The van der Waals surface area contributed by atoms with Gasteiger partial charge in [0.2, 0.25) is 0 Å². The van der Waals surface area contributed by atoms with E-state index in [1.54, 1.807) is 36.4 Å². The summed E-state index contributed by atoms with van der Waals surface area (Å²) in [7, 11) is 0. The molecule has 2 N–H and O–H groups in total. The van der Waals surface area contributed by atoms with Gasteiger partial charge < -0.3 is 15.4 Å². The molecule has 138 valence electrons. The summed E-state index contributed by atoms with van der Waals surface area (Å²) in [5, 5.41) is 7.28. The fraction of sp³-hybridized carbons (Fsp3) is 0.316. The number of carbonyl (C=O) groups excluding carboxylic acids is 3. The van der Waals surface area contributed by atoms with Crippen LogP contribution in [0.2, 0.25) is 0 Å². The molecule has 0 spiro atoms. The number of rotatable bonds is 8. The van der Waals surface area contributed by atoms with Gasteiger partial charge in [-0.15, -0.1) is 11.3 Å². The normalized spacial score (nSPS) is 10.4. The lowest BCUT2D eigenvalue weighted by Gasteiger charge is -2.08. The van der Waals surface area contributed by atoms with Crippen LogP contribution in [0.4, 0.5) is 5.69 Å². The van der Waals surface area contributed by atoms with Crippen LogP contribution in [0, 0.1) is 5.92 Å². The fourth-order valence-electron chi connectivity index (χ4n) is 2.06. The Morgan fingerprint density at radius 3 is 2.46 bits per heavy atom. The molecule has 0 aliphatic rings. The number of anilines is 1. The van der Waals surface area contributed by atoms with Crippen molar-refractivity contribution < 1.29 is 19.1 Å². The van der Waals surface area contributed by atoms with Crippen LogP contribution in [0.5, 0.6) is 0 Å². The standard InChI is InChI=1S/C19H22N2O4S/c1-13(2)9-10-20-17(22)12-25-19(24)14-5-7-15(8-6-14)21-18(23)16-4-3-11-26-16/h3-8,11,13H,9-10,12H2,1-2H3,(H,20,22)(H,21,23). The average Bonchev–Trinajstić information content (AvgIpc) is 3.15. The maximum absolute atomic E-state index is 12.0. The molecule has 1 heterocycles. The number of esters is 1. The zero-order valence-electron chi connectivity index (χ0n) is 14.8. The minimum absolute atomic E-state index is 0.201. The van der Waals surface area contributed by atoms with Crippen LogP contribution in [0.25, 0.3) is 0 Å². The topological polar surface area (TPSA) is 84.5 Å². The minimum atomic E-state index is -0.583. The Labute approximate surface area is 156 Å². The van der Waals surface area contributed by atoms with Crippen molar-refractivity contribution in [3.63, 3.8) is 0 Å². The highest BCUT2D eigenvalue weighted by atomic mass is 32.1. The maximum Gasteiger partial charge on any atom is 0.338 e. The van der Waals surface area contributed by atoms with Gasteiger partial charge in [0.1, 0.15) is 0 Å². The molecule has 0 aliphatic heterocycles. The Balaban J connectivity index is 1.79. The van der Waals surface area contributed by atoms with E-state index in [2.05, 4.69) is 24.5 Å². The molecule has 1 aromatic heterocycles. The summed E-state index contributed by atoms with van der Waals surface area (Å²) < 4.78 is 4.99. The molecule has 6 nitrogen and oxygen atoms in total. The quantitative estimate of drug-likeness (QED) is 0.694. The number of thiophene rings is 1. The third-order valence-electron chi connectivity index (χ3n) is 3.50. The zero-order valence-corrected chi connectivity index (χ0v) is 15.6. The van der Waals surface area contributed by atoms with Crippen LogP contribution in [0.3, 0.4) is 0 Å². The first kappa shape index (κ1) is 19.7. The van der Waals surface area contributed by atoms with Crippen molar-refractivity contribution >= 4 is 34.8 Å². The molecule has 0 radical (unpaired) electrons. The molecule has 2 amide bonds. The SMILES string of the molecule is CC(C)CCNC(=O)COC(=O)c1ccc(NC(=O)c2cccs2)cc1. The highest BCUT2D eigenvalue weighted by Crippen LogP contribution is 2.14. The molecule has 7 heteroatoms. The lowest BCUT2D eigenvalue weighted by atomic mass is 10.1. The Hall–Kier alpha value is -2.67. The molecule has 0 aliphatic carbocycles. The summed E-state index contributed by atoms with van der Waals surface area (Å²) in [6.45, 7) is 4.39. The Morgan fingerprint density at radius 2 is 1.85 bits per heavy atom. The number of hydrogen-bond acceptors (Lipinski definition) is 5. The fourth-order valence-corrected chi connectivity index (χ4v) is 2.67. The van der Waals surface area contributed by atoms with Gasteiger partial charge in [-0.05, 0) is 48.1 Å². The van der Waals surface area contributed by atoms with Crippen LogP contribution in [-0.4, -0.2) is 30.9 Å².